The van der Waals surface area contributed by atoms with Crippen molar-refractivity contribution in [2.75, 3.05) is 0 Å². The van der Waals surface area contributed by atoms with Gasteiger partial charge in [0.2, 0.25) is 29.5 Å². The lowest BCUT2D eigenvalue weighted by atomic mass is 9.98. The van der Waals surface area contributed by atoms with E-state index in [1.54, 1.807) is 33.9 Å². The highest BCUT2D eigenvalue weighted by molar-refractivity contribution is 5.99. The molecule has 0 unspecified atom stereocenters. The van der Waals surface area contributed by atoms with Crippen molar-refractivity contribution >= 4 is 46.4 Å². The molecule has 7 N–H and O–H groups in total. The molecule has 13 heteroatoms. The van der Waals surface area contributed by atoms with E-state index in [4.69, 9.17) is 0 Å². The number of H-pyrrole nitrogens is 1. The van der Waals surface area contributed by atoms with Crippen molar-refractivity contribution in [2.24, 2.45) is 17.8 Å². The molecule has 0 saturated carbocycles. The molecule has 1 saturated heterocycles. The first-order chi connectivity index (χ1) is 20.7. The number of nitrogens with one attached hydrogen (secondary N) is 6. The van der Waals surface area contributed by atoms with Crippen LogP contribution in [0.15, 0.2) is 30.5 Å². The number of hydrogen-bond donors (Lipinski definition) is 7. The minimum atomic E-state index is -1.55. The fraction of sp³-hybridized carbons (Fsp3) is 0.548. The van der Waals surface area contributed by atoms with E-state index in [9.17, 15) is 33.9 Å². The van der Waals surface area contributed by atoms with Gasteiger partial charge in [-0.05, 0) is 35.8 Å². The number of aliphatic carboxylic acids is 1. The lowest BCUT2D eigenvalue weighted by molar-refractivity contribution is -0.141. The van der Waals surface area contributed by atoms with Crippen molar-refractivity contribution in [1.29, 1.82) is 0 Å². The lowest BCUT2D eigenvalue weighted by Gasteiger charge is -2.29. The largest absolute Gasteiger partial charge is 0.481 e. The number of amides is 5. The van der Waals surface area contributed by atoms with E-state index >= 15 is 0 Å². The highest BCUT2D eigenvalue weighted by Gasteiger charge is 2.37. The van der Waals surface area contributed by atoms with Gasteiger partial charge >= 0.3 is 5.97 Å². The summed E-state index contributed by atoms with van der Waals surface area (Å²) in [6.45, 7) is 10.6. The zero-order valence-corrected chi connectivity index (χ0v) is 26.0. The Labute approximate surface area is 256 Å². The zero-order chi connectivity index (χ0) is 32.7. The summed E-state index contributed by atoms with van der Waals surface area (Å²) in [6, 6.07) is 1.41. The summed E-state index contributed by atoms with van der Waals surface area (Å²) in [7, 11) is 0. The minimum Gasteiger partial charge on any atom is -0.481 e. The Balaban J connectivity index is 2.09. The highest BCUT2D eigenvalue weighted by atomic mass is 16.4. The maximum Gasteiger partial charge on any atom is 0.305 e. The molecular formula is C31H44N6O7. The van der Waals surface area contributed by atoms with Crippen LogP contribution in [0.25, 0.3) is 10.9 Å². The van der Waals surface area contributed by atoms with Crippen molar-refractivity contribution < 1.29 is 33.9 Å². The number of carboxylic acid groups (broad SMARTS) is 1. The van der Waals surface area contributed by atoms with Crippen LogP contribution >= 0.6 is 0 Å². The molecular weight excluding hydrogens is 568 g/mol. The summed E-state index contributed by atoms with van der Waals surface area (Å²) < 4.78 is 0. The van der Waals surface area contributed by atoms with Crippen molar-refractivity contribution in [3.8, 4) is 0 Å². The summed E-state index contributed by atoms with van der Waals surface area (Å²) in [5, 5.41) is 23.6. The molecule has 0 aliphatic carbocycles. The second-order valence-electron chi connectivity index (χ2n) is 12.4. The smallest absolute Gasteiger partial charge is 0.305 e. The Kier molecular flexibility index (Phi) is 11.5. The van der Waals surface area contributed by atoms with Crippen LogP contribution in [0.1, 0.15) is 59.9 Å². The second-order valence-corrected chi connectivity index (χ2v) is 12.4. The predicted molar refractivity (Wildman–Crippen MR) is 163 cm³/mol. The number of para-hydroxylation sites is 1. The summed E-state index contributed by atoms with van der Waals surface area (Å²) in [6.07, 6.45) is 1.21. The van der Waals surface area contributed by atoms with Crippen LogP contribution in [0.5, 0.6) is 0 Å². The number of fused-ring (bicyclic) bond motifs is 1. The van der Waals surface area contributed by atoms with Gasteiger partial charge in [0.05, 0.1) is 6.42 Å². The standard InChI is InChI=1S/C31H44N6O7/c1-15(2)11-21-27(40)33-22(12-18-14-32-20-10-8-7-9-19(18)20)28(41)34-23(13-24(38)39)29(42)36-26(17(5)6)31(44)37-25(16(3)4)30(43)35-21/h7-10,14-17,21-23,25-26,32H,11-13H2,1-6H3,(H,33,40)(H,34,41)(H,35,43)(H,36,42)(H,37,44)(H,38,39)/t21-,22+,23+,25+,26-/m1/s1. The maximum absolute atomic E-state index is 13.7. The van der Waals surface area contributed by atoms with E-state index in [2.05, 4.69) is 31.6 Å². The maximum atomic E-state index is 13.7. The third kappa shape index (κ3) is 8.80. The lowest BCUT2D eigenvalue weighted by Crippen LogP contribution is -2.60. The van der Waals surface area contributed by atoms with Crippen LogP contribution in [0, 0.1) is 17.8 Å². The van der Waals surface area contributed by atoms with Crippen molar-refractivity contribution in [1.82, 2.24) is 31.6 Å². The summed E-state index contributed by atoms with van der Waals surface area (Å²) in [5.74, 6) is -5.73. The fourth-order valence-corrected chi connectivity index (χ4v) is 5.19. The Morgan fingerprint density at radius 3 is 1.80 bits per heavy atom. The van der Waals surface area contributed by atoms with Crippen LogP contribution in [0.4, 0.5) is 0 Å². The SMILES string of the molecule is CC(C)C[C@H]1NC(=O)[C@H](C(C)C)NC(=O)[C@@H](C(C)C)NC(=O)[C@H](CC(=O)O)NC(=O)[C@H](Cc2c[nH]c3ccccc23)NC1=O. The Morgan fingerprint density at radius 1 is 0.705 bits per heavy atom. The van der Waals surface area contributed by atoms with Crippen LogP contribution in [-0.4, -0.2) is 75.8 Å². The van der Waals surface area contributed by atoms with E-state index in [0.717, 1.165) is 10.9 Å². The molecule has 5 amide bonds. The second kappa shape index (κ2) is 14.8. The van der Waals surface area contributed by atoms with Gasteiger partial charge in [-0.25, -0.2) is 0 Å². The van der Waals surface area contributed by atoms with Crippen molar-refractivity contribution in [2.45, 2.75) is 91.0 Å². The van der Waals surface area contributed by atoms with Crippen LogP contribution in [0.3, 0.4) is 0 Å². The van der Waals surface area contributed by atoms with Gasteiger partial charge in [-0.15, -0.1) is 0 Å². The molecule has 0 spiro atoms. The number of aromatic amines is 1. The molecule has 13 nitrogen and oxygen atoms in total. The van der Waals surface area contributed by atoms with Gasteiger partial charge in [-0.3, -0.25) is 28.8 Å². The first-order valence-electron chi connectivity index (χ1n) is 15.0. The van der Waals surface area contributed by atoms with Gasteiger partial charge in [0.1, 0.15) is 30.2 Å². The number of rotatable bonds is 8. The van der Waals surface area contributed by atoms with E-state index in [0.29, 0.717) is 5.56 Å². The molecule has 1 fully saturated rings. The normalized spacial score (nSPS) is 24.3. The summed E-state index contributed by atoms with van der Waals surface area (Å²) in [5.41, 5.74) is 1.52. The predicted octanol–water partition coefficient (Wildman–Crippen LogP) is 0.981. The number of aromatic nitrogens is 1. The molecule has 5 atom stereocenters. The average molecular weight is 613 g/mol. The zero-order valence-electron chi connectivity index (χ0n) is 26.0. The van der Waals surface area contributed by atoms with Gasteiger partial charge in [0, 0.05) is 23.5 Å². The van der Waals surface area contributed by atoms with Crippen molar-refractivity contribution in [3.05, 3.63) is 36.0 Å². The molecule has 1 aliphatic heterocycles. The van der Waals surface area contributed by atoms with E-state index in [1.165, 1.54) is 0 Å². The molecule has 3 rings (SSSR count). The fourth-order valence-electron chi connectivity index (χ4n) is 5.19. The average Bonchev–Trinajstić information content (AvgIpc) is 3.34. The van der Waals surface area contributed by atoms with E-state index in [1.807, 2.05) is 38.1 Å². The molecule has 2 aromatic rings. The van der Waals surface area contributed by atoms with Gasteiger partial charge in [-0.2, -0.15) is 0 Å². The van der Waals surface area contributed by atoms with Gasteiger partial charge in [0.15, 0.2) is 0 Å². The summed E-state index contributed by atoms with van der Waals surface area (Å²) in [4.78, 5) is 82.5. The van der Waals surface area contributed by atoms with Crippen LogP contribution in [0.2, 0.25) is 0 Å². The van der Waals surface area contributed by atoms with E-state index in [-0.39, 0.29) is 24.7 Å². The number of carboxylic acids is 1. The number of hydrogen-bond acceptors (Lipinski definition) is 6. The highest BCUT2D eigenvalue weighted by Crippen LogP contribution is 2.20. The Hall–Kier alpha value is -4.42. The third-order valence-corrected chi connectivity index (χ3v) is 7.58. The monoisotopic (exact) mass is 612 g/mol. The molecule has 0 radical (unpaired) electrons. The topological polar surface area (TPSA) is 199 Å². The Morgan fingerprint density at radius 2 is 1.20 bits per heavy atom. The number of carbonyl (C=O) groups excluding carboxylic acids is 5. The molecule has 2 heterocycles. The quantitative estimate of drug-likeness (QED) is 0.230. The van der Waals surface area contributed by atoms with E-state index < -0.39 is 78.1 Å². The third-order valence-electron chi connectivity index (χ3n) is 7.58. The summed E-state index contributed by atoms with van der Waals surface area (Å²) >= 11 is 0. The van der Waals surface area contributed by atoms with Gasteiger partial charge in [0.25, 0.3) is 0 Å². The van der Waals surface area contributed by atoms with Gasteiger partial charge < -0.3 is 36.7 Å². The van der Waals surface area contributed by atoms with Crippen LogP contribution < -0.4 is 26.6 Å². The molecule has 1 aromatic carbocycles. The molecule has 240 valence electrons. The first kappa shape index (κ1) is 34.1. The van der Waals surface area contributed by atoms with Crippen LogP contribution in [-0.2, 0) is 35.2 Å². The number of benzene rings is 1. The Bertz CT molecular complexity index is 1380. The molecule has 1 aromatic heterocycles. The van der Waals surface area contributed by atoms with Gasteiger partial charge in [-0.1, -0.05) is 59.7 Å². The first-order valence-corrected chi connectivity index (χ1v) is 15.0. The molecule has 44 heavy (non-hydrogen) atoms. The minimum absolute atomic E-state index is 0.00855. The molecule has 1 aliphatic rings. The number of carbonyl (C=O) groups is 6. The van der Waals surface area contributed by atoms with Crippen molar-refractivity contribution in [3.63, 3.8) is 0 Å². The molecule has 0 bridgehead atoms.